The molecule has 6 rings (SSSR count). The maximum atomic E-state index is 13.6. The second kappa shape index (κ2) is 7.52. The number of urea groups is 1. The Morgan fingerprint density at radius 2 is 1.75 bits per heavy atom. The molecule has 0 N–H and O–H groups in total. The summed E-state index contributed by atoms with van der Waals surface area (Å²) in [5.41, 5.74) is -1.16. The van der Waals surface area contributed by atoms with E-state index in [1.807, 2.05) is 6.07 Å². The summed E-state index contributed by atoms with van der Waals surface area (Å²) in [6.45, 7) is 0.0332. The molecule has 8 nitrogen and oxygen atoms in total. The smallest absolute Gasteiger partial charge is 0.331 e. The second-order valence-electron chi connectivity index (χ2n) is 8.92. The van der Waals surface area contributed by atoms with Crippen molar-refractivity contribution < 1.29 is 27.6 Å². The van der Waals surface area contributed by atoms with Crippen LogP contribution >= 0.6 is 0 Å². The first kappa shape index (κ1) is 22.0. The van der Waals surface area contributed by atoms with Gasteiger partial charge in [-0.25, -0.2) is 14.7 Å². The number of benzene rings is 2. The monoisotopic (exact) mass is 491 g/mol. The highest BCUT2D eigenvalue weighted by molar-refractivity contribution is 6.25. The number of carbonyl (C=O) groups is 3. The minimum absolute atomic E-state index is 0.0332. The Bertz CT molecular complexity index is 1510. The zero-order chi connectivity index (χ0) is 25.4. The quantitative estimate of drug-likeness (QED) is 0.511. The highest BCUT2D eigenvalue weighted by Gasteiger charge is 2.63. The van der Waals surface area contributed by atoms with E-state index in [4.69, 9.17) is 0 Å². The highest BCUT2D eigenvalue weighted by atomic mass is 19.4. The van der Waals surface area contributed by atoms with Crippen LogP contribution in [0.5, 0.6) is 0 Å². The Morgan fingerprint density at radius 1 is 1.06 bits per heavy atom. The number of fused-ring (bicyclic) bond motifs is 6. The molecule has 4 heterocycles. The van der Waals surface area contributed by atoms with Gasteiger partial charge in [0.05, 0.1) is 35.1 Å². The van der Waals surface area contributed by atoms with Gasteiger partial charge in [0, 0.05) is 17.3 Å². The molecule has 0 radical (unpaired) electrons. The van der Waals surface area contributed by atoms with Gasteiger partial charge in [-0.15, -0.1) is 0 Å². The fourth-order valence-electron chi connectivity index (χ4n) is 5.63. The molecule has 0 aliphatic carbocycles. The van der Waals surface area contributed by atoms with Crippen LogP contribution < -0.4 is 4.90 Å². The summed E-state index contributed by atoms with van der Waals surface area (Å²) in [7, 11) is 0. The number of anilines is 1. The van der Waals surface area contributed by atoms with Gasteiger partial charge in [0.15, 0.2) is 0 Å². The molecule has 0 spiro atoms. The predicted molar refractivity (Wildman–Crippen MR) is 120 cm³/mol. The maximum absolute atomic E-state index is 13.6. The normalized spacial score (nSPS) is 22.9. The molecule has 3 aromatic rings. The molecule has 3 aliphatic heterocycles. The van der Waals surface area contributed by atoms with E-state index in [-0.39, 0.29) is 17.9 Å². The molecule has 3 fully saturated rings. The van der Waals surface area contributed by atoms with Crippen molar-refractivity contribution in [3.8, 4) is 6.07 Å². The van der Waals surface area contributed by atoms with Crippen molar-refractivity contribution in [2.24, 2.45) is 0 Å². The third-order valence-corrected chi connectivity index (χ3v) is 7.11. The van der Waals surface area contributed by atoms with Crippen LogP contribution in [0.3, 0.4) is 0 Å². The highest BCUT2D eigenvalue weighted by Crippen LogP contribution is 2.44. The summed E-state index contributed by atoms with van der Waals surface area (Å²) in [4.78, 5) is 48.0. The van der Waals surface area contributed by atoms with Gasteiger partial charge < -0.3 is 9.80 Å². The Labute approximate surface area is 202 Å². The number of alkyl halides is 3. The molecule has 180 valence electrons. The number of pyridine rings is 1. The molecule has 36 heavy (non-hydrogen) atoms. The minimum atomic E-state index is -4.71. The summed E-state index contributed by atoms with van der Waals surface area (Å²) in [5, 5.41) is 10.3. The van der Waals surface area contributed by atoms with E-state index in [2.05, 4.69) is 4.98 Å². The Kier molecular flexibility index (Phi) is 4.60. The first-order chi connectivity index (χ1) is 17.2. The van der Waals surface area contributed by atoms with Gasteiger partial charge >= 0.3 is 12.2 Å². The molecular formula is C25H16F3N5O3. The molecule has 2 bridgehead atoms. The summed E-state index contributed by atoms with van der Waals surface area (Å²) < 4.78 is 40.6. The van der Waals surface area contributed by atoms with E-state index >= 15 is 0 Å². The molecular weight excluding hydrogens is 475 g/mol. The van der Waals surface area contributed by atoms with Gasteiger partial charge in [0.25, 0.3) is 11.8 Å². The van der Waals surface area contributed by atoms with Crippen molar-refractivity contribution in [3.05, 3.63) is 71.5 Å². The fourth-order valence-corrected chi connectivity index (χ4v) is 5.63. The lowest BCUT2D eigenvalue weighted by Gasteiger charge is -2.35. The molecule has 2 unspecified atom stereocenters. The number of likely N-dealkylation sites (tertiary alicyclic amines) is 1. The first-order valence-corrected chi connectivity index (χ1v) is 11.1. The number of aromatic nitrogens is 1. The van der Waals surface area contributed by atoms with Crippen molar-refractivity contribution in [2.75, 3.05) is 11.4 Å². The summed E-state index contributed by atoms with van der Waals surface area (Å²) in [6, 6.07) is 10.5. The van der Waals surface area contributed by atoms with Gasteiger partial charge in [-0.3, -0.25) is 9.59 Å². The zero-order valence-corrected chi connectivity index (χ0v) is 18.4. The largest absolute Gasteiger partial charge is 0.417 e. The zero-order valence-electron chi connectivity index (χ0n) is 18.4. The van der Waals surface area contributed by atoms with Crippen LogP contribution in [0.15, 0.2) is 54.7 Å². The van der Waals surface area contributed by atoms with Crippen LogP contribution in [-0.4, -0.2) is 57.3 Å². The fraction of sp³-hybridized carbons (Fsp3) is 0.240. The predicted octanol–water partition coefficient (Wildman–Crippen LogP) is 3.56. The minimum Gasteiger partial charge on any atom is -0.331 e. The number of hydrogen-bond donors (Lipinski definition) is 0. The molecule has 11 heteroatoms. The number of carbonyl (C=O) groups excluding carboxylic acids is 3. The summed E-state index contributed by atoms with van der Waals surface area (Å²) in [5.74, 6) is -1.40. The van der Waals surface area contributed by atoms with Crippen molar-refractivity contribution in [1.29, 1.82) is 5.26 Å². The number of nitrogens with zero attached hydrogens (tertiary/aromatic N) is 5. The van der Waals surface area contributed by atoms with Crippen LogP contribution in [0.1, 0.15) is 28.0 Å². The molecule has 0 saturated carbocycles. The van der Waals surface area contributed by atoms with Crippen molar-refractivity contribution >= 4 is 34.3 Å². The lowest BCUT2D eigenvalue weighted by molar-refractivity contribution is -0.138. The lowest BCUT2D eigenvalue weighted by atomic mass is 10.0. The molecule has 2 aromatic carbocycles. The molecule has 1 aromatic heterocycles. The number of imide groups is 1. The van der Waals surface area contributed by atoms with Crippen LogP contribution in [0.2, 0.25) is 0 Å². The standard InChI is InChI=1S/C25H16F3N5O3/c26-25(27,28)17-8-4-3-7-16(17)22(34)31-12-13-9-19(31)21-23(35)33(24(36)32(13)21)20-11-30-18(10-29)14-5-1-2-6-15(14)20/h1-8,11,13,19,21H,9,12H2/t13-,19?,21?/m1/s1. The Hall–Kier alpha value is -4.46. The van der Waals surface area contributed by atoms with Gasteiger partial charge in [0.1, 0.15) is 17.8 Å². The van der Waals surface area contributed by atoms with E-state index < -0.39 is 53.3 Å². The Balaban J connectivity index is 1.36. The van der Waals surface area contributed by atoms with E-state index in [1.165, 1.54) is 28.1 Å². The second-order valence-corrected chi connectivity index (χ2v) is 8.92. The maximum Gasteiger partial charge on any atom is 0.417 e. The van der Waals surface area contributed by atoms with Crippen LogP contribution in [0.25, 0.3) is 10.8 Å². The van der Waals surface area contributed by atoms with Gasteiger partial charge in [-0.1, -0.05) is 36.4 Å². The van der Waals surface area contributed by atoms with E-state index in [1.54, 1.807) is 24.3 Å². The van der Waals surface area contributed by atoms with E-state index in [9.17, 15) is 32.8 Å². The number of hydrogen-bond acceptors (Lipinski definition) is 5. The number of amides is 4. The number of halogens is 3. The van der Waals surface area contributed by atoms with Crippen LogP contribution in [-0.2, 0) is 11.0 Å². The Morgan fingerprint density at radius 3 is 2.47 bits per heavy atom. The average molecular weight is 491 g/mol. The van der Waals surface area contributed by atoms with Crippen LogP contribution in [0, 0.1) is 11.3 Å². The topological polar surface area (TPSA) is 97.6 Å². The van der Waals surface area contributed by atoms with Gasteiger partial charge in [-0.2, -0.15) is 18.4 Å². The lowest BCUT2D eigenvalue weighted by Crippen LogP contribution is -2.55. The molecule has 3 saturated heterocycles. The molecule has 4 amide bonds. The third kappa shape index (κ3) is 2.94. The SMILES string of the molecule is N#Cc1ncc(N2C(=O)C3C4C[C@H](CN4C(=O)c4ccccc4C(F)(F)F)N3C2=O)c2ccccc12. The van der Waals surface area contributed by atoms with Gasteiger partial charge in [0.2, 0.25) is 0 Å². The van der Waals surface area contributed by atoms with Crippen molar-refractivity contribution in [1.82, 2.24) is 14.8 Å². The number of nitriles is 1. The summed E-state index contributed by atoms with van der Waals surface area (Å²) in [6.07, 6.45) is -3.11. The van der Waals surface area contributed by atoms with E-state index in [0.29, 0.717) is 17.2 Å². The average Bonchev–Trinajstić information content (AvgIpc) is 3.54. The third-order valence-electron chi connectivity index (χ3n) is 7.11. The number of rotatable bonds is 2. The first-order valence-electron chi connectivity index (χ1n) is 11.1. The number of piperazine rings is 1. The van der Waals surface area contributed by atoms with Crippen molar-refractivity contribution in [2.45, 2.75) is 30.7 Å². The van der Waals surface area contributed by atoms with Crippen molar-refractivity contribution in [3.63, 3.8) is 0 Å². The van der Waals surface area contributed by atoms with Gasteiger partial charge in [-0.05, 0) is 18.6 Å². The van der Waals surface area contributed by atoms with E-state index in [0.717, 1.165) is 17.0 Å². The van der Waals surface area contributed by atoms with Crippen LogP contribution in [0.4, 0.5) is 23.7 Å². The summed E-state index contributed by atoms with van der Waals surface area (Å²) >= 11 is 0. The molecule has 3 atom stereocenters. The molecule has 3 aliphatic rings.